The van der Waals surface area contributed by atoms with Crippen molar-refractivity contribution in [3.8, 4) is 6.07 Å². The molecule has 5 fully saturated rings. The highest BCUT2D eigenvalue weighted by molar-refractivity contribution is 8.00. The molecule has 4 saturated heterocycles. The Labute approximate surface area is 212 Å². The first-order valence-corrected chi connectivity index (χ1v) is 15.2. The molecule has 9 unspecified atom stereocenters. The third-order valence-corrected chi connectivity index (χ3v) is 12.1. The maximum Gasteiger partial charge on any atom is 0.226 e. The first kappa shape index (κ1) is 25.7. The summed E-state index contributed by atoms with van der Waals surface area (Å²) in [6, 6.07) is 2.78. The van der Waals surface area contributed by atoms with Crippen LogP contribution < -0.4 is 16.0 Å². The third-order valence-electron chi connectivity index (χ3n) is 8.61. The van der Waals surface area contributed by atoms with E-state index < -0.39 is 15.3 Å². The van der Waals surface area contributed by atoms with Crippen molar-refractivity contribution in [3.63, 3.8) is 0 Å². The van der Waals surface area contributed by atoms with Gasteiger partial charge in [0.2, 0.25) is 15.9 Å². The number of carbonyl (C=O) groups excluding carboxylic acids is 1. The Morgan fingerprint density at radius 2 is 2.03 bits per heavy atom. The summed E-state index contributed by atoms with van der Waals surface area (Å²) >= 11 is 1.61. The van der Waals surface area contributed by atoms with Crippen LogP contribution in [0, 0.1) is 35.0 Å². The second-order valence-corrected chi connectivity index (χ2v) is 14.3. The average molecular weight is 528 g/mol. The number of sulfonamides is 1. The molecular formula is C23H37N5O5S2. The molecule has 0 radical (unpaired) electrons. The van der Waals surface area contributed by atoms with Crippen molar-refractivity contribution in [1.82, 2.24) is 20.3 Å². The molecule has 1 aliphatic carbocycles. The van der Waals surface area contributed by atoms with E-state index in [9.17, 15) is 18.5 Å². The Bertz CT molecular complexity index is 927. The van der Waals surface area contributed by atoms with Crippen LogP contribution in [0.1, 0.15) is 32.6 Å². The number of carbonyl (C=O) groups is 1. The Kier molecular flexibility index (Phi) is 7.66. The molecule has 196 valence electrons. The lowest BCUT2D eigenvalue weighted by molar-refractivity contribution is -0.131. The van der Waals surface area contributed by atoms with Gasteiger partial charge in [0.05, 0.1) is 31.3 Å². The number of thioether (sulfide) groups is 1. The molecule has 1 amide bonds. The van der Waals surface area contributed by atoms with Crippen LogP contribution in [0.4, 0.5) is 0 Å². The van der Waals surface area contributed by atoms with Crippen LogP contribution in [0.5, 0.6) is 0 Å². The number of fused-ring (bicyclic) bond motifs is 1. The fourth-order valence-electron chi connectivity index (χ4n) is 6.50. The molecule has 0 aromatic carbocycles. The number of piperidine rings is 1. The van der Waals surface area contributed by atoms with Crippen molar-refractivity contribution in [1.29, 1.82) is 5.26 Å². The molecule has 0 bridgehead atoms. The topological polar surface area (TPSA) is 133 Å². The van der Waals surface area contributed by atoms with Crippen molar-refractivity contribution in [2.45, 2.75) is 66.8 Å². The van der Waals surface area contributed by atoms with Gasteiger partial charge in [-0.1, -0.05) is 0 Å². The van der Waals surface area contributed by atoms with Gasteiger partial charge >= 0.3 is 0 Å². The van der Waals surface area contributed by atoms with Crippen molar-refractivity contribution < 1.29 is 22.7 Å². The lowest BCUT2D eigenvalue weighted by Gasteiger charge is -2.44. The first-order valence-electron chi connectivity index (χ1n) is 12.7. The van der Waals surface area contributed by atoms with Crippen molar-refractivity contribution in [2.75, 3.05) is 40.0 Å². The molecule has 35 heavy (non-hydrogen) atoms. The summed E-state index contributed by atoms with van der Waals surface area (Å²) < 4.78 is 37.9. The molecule has 4 heterocycles. The maximum atomic E-state index is 13.5. The number of nitrogens with one attached hydrogen (secondary N) is 3. The summed E-state index contributed by atoms with van der Waals surface area (Å²) in [6.45, 7) is 4.22. The molecule has 0 aromatic rings. The lowest BCUT2D eigenvalue weighted by atomic mass is 9.66. The highest BCUT2D eigenvalue weighted by atomic mass is 32.2. The molecule has 3 N–H and O–H groups in total. The number of rotatable bonds is 6. The summed E-state index contributed by atoms with van der Waals surface area (Å²) in [5, 5.41) is 19.3. The minimum absolute atomic E-state index is 0.0180. The second kappa shape index (κ2) is 10.4. The second-order valence-electron chi connectivity index (χ2n) is 10.8. The monoisotopic (exact) mass is 527 g/mol. The zero-order valence-corrected chi connectivity index (χ0v) is 22.0. The van der Waals surface area contributed by atoms with E-state index in [1.807, 2.05) is 0 Å². The number of hydrogen-bond donors (Lipinski definition) is 3. The molecule has 10 nitrogen and oxygen atoms in total. The van der Waals surface area contributed by atoms with Gasteiger partial charge in [0, 0.05) is 50.0 Å². The summed E-state index contributed by atoms with van der Waals surface area (Å²) in [7, 11) is -1.58. The van der Waals surface area contributed by atoms with E-state index in [0.717, 1.165) is 25.7 Å². The Morgan fingerprint density at radius 3 is 2.69 bits per heavy atom. The first-order chi connectivity index (χ1) is 16.8. The van der Waals surface area contributed by atoms with E-state index in [-0.39, 0.29) is 65.7 Å². The van der Waals surface area contributed by atoms with Gasteiger partial charge in [-0.2, -0.15) is 9.57 Å². The van der Waals surface area contributed by atoms with Gasteiger partial charge < -0.3 is 20.1 Å². The fraction of sp³-hybridized carbons (Fsp3) is 0.913. The molecule has 12 heteroatoms. The van der Waals surface area contributed by atoms with Crippen LogP contribution in [-0.2, 0) is 24.3 Å². The lowest BCUT2D eigenvalue weighted by Crippen LogP contribution is -2.55. The number of nitrogens with zero attached hydrogens (tertiary/aromatic N) is 2. The molecule has 4 aliphatic heterocycles. The zero-order chi connectivity index (χ0) is 24.7. The highest BCUT2D eigenvalue weighted by Crippen LogP contribution is 2.42. The normalized spacial score (nSPS) is 42.7. The standard InChI is InChI=1S/C23H37N5O5S2/c1-13-5-16(17-6-14(7-24)3-4-20(17)32-2)18(8-25-13)22(29)27-23-26-19-9-28(10-21(19)34-23)35(30,31)15-11-33-12-15/h13-21,23,25-26H,3-6,8-12H2,1-2H3,(H,27,29). The van der Waals surface area contributed by atoms with E-state index in [1.54, 1.807) is 23.2 Å². The largest absolute Gasteiger partial charge is 0.381 e. The molecule has 5 aliphatic rings. The van der Waals surface area contributed by atoms with E-state index in [2.05, 4.69) is 28.9 Å². The van der Waals surface area contributed by atoms with Gasteiger partial charge in [0.15, 0.2) is 0 Å². The zero-order valence-electron chi connectivity index (χ0n) is 20.4. The number of hydrogen-bond acceptors (Lipinski definition) is 9. The van der Waals surface area contributed by atoms with E-state index in [1.165, 1.54) is 0 Å². The Hall–Kier alpha value is -0.940. The third kappa shape index (κ3) is 5.10. The van der Waals surface area contributed by atoms with Crippen LogP contribution in [0.25, 0.3) is 0 Å². The predicted molar refractivity (Wildman–Crippen MR) is 132 cm³/mol. The molecule has 0 spiro atoms. The fourth-order valence-corrected chi connectivity index (χ4v) is 9.69. The molecule has 5 rings (SSSR count). The Morgan fingerprint density at radius 1 is 1.23 bits per heavy atom. The van der Waals surface area contributed by atoms with E-state index in [4.69, 9.17) is 9.47 Å². The Balaban J connectivity index is 1.20. The average Bonchev–Trinajstić information content (AvgIpc) is 3.36. The highest BCUT2D eigenvalue weighted by Gasteiger charge is 2.49. The SMILES string of the molecule is COC1CCC(C#N)CC1C1CC(C)NCC1C(=O)NC1NC2CN(S(=O)(=O)C3COC3)CC2S1. The maximum absolute atomic E-state index is 13.5. The number of methoxy groups -OCH3 is 1. The summed E-state index contributed by atoms with van der Waals surface area (Å²) in [5.41, 5.74) is -0.231. The van der Waals surface area contributed by atoms with Gasteiger partial charge in [0.1, 0.15) is 10.7 Å². The minimum Gasteiger partial charge on any atom is -0.381 e. The van der Waals surface area contributed by atoms with Gasteiger partial charge in [-0.25, -0.2) is 8.42 Å². The summed E-state index contributed by atoms with van der Waals surface area (Å²) in [5.74, 6) is 0.201. The van der Waals surface area contributed by atoms with Gasteiger partial charge in [-0.05, 0) is 44.4 Å². The van der Waals surface area contributed by atoms with Crippen LogP contribution in [0.3, 0.4) is 0 Å². The van der Waals surface area contributed by atoms with Crippen molar-refractivity contribution >= 4 is 27.7 Å². The number of ether oxygens (including phenoxy) is 2. The number of amides is 1. The van der Waals surface area contributed by atoms with Crippen molar-refractivity contribution in [3.05, 3.63) is 0 Å². The van der Waals surface area contributed by atoms with Gasteiger partial charge in [0.25, 0.3) is 0 Å². The van der Waals surface area contributed by atoms with Crippen molar-refractivity contribution in [2.24, 2.45) is 23.7 Å². The van der Waals surface area contributed by atoms with Crippen LogP contribution in [0.2, 0.25) is 0 Å². The van der Waals surface area contributed by atoms with Gasteiger partial charge in [-0.15, -0.1) is 11.8 Å². The smallest absolute Gasteiger partial charge is 0.226 e. The van der Waals surface area contributed by atoms with E-state index in [0.29, 0.717) is 25.7 Å². The molecule has 0 aromatic heterocycles. The molecule has 9 atom stereocenters. The quantitative estimate of drug-likeness (QED) is 0.439. The summed E-state index contributed by atoms with van der Waals surface area (Å²) in [4.78, 5) is 13.5. The molecule has 1 saturated carbocycles. The predicted octanol–water partition coefficient (Wildman–Crippen LogP) is 0.0731. The van der Waals surface area contributed by atoms with Crippen LogP contribution >= 0.6 is 11.8 Å². The molecular weight excluding hydrogens is 490 g/mol. The minimum atomic E-state index is -3.32. The van der Waals surface area contributed by atoms with Crippen LogP contribution in [-0.4, -0.2) is 92.8 Å². The summed E-state index contributed by atoms with van der Waals surface area (Å²) in [6.07, 6.45) is 3.47. The van der Waals surface area contributed by atoms with Crippen LogP contribution in [0.15, 0.2) is 0 Å². The number of nitriles is 1. The van der Waals surface area contributed by atoms with Gasteiger partial charge in [-0.3, -0.25) is 10.1 Å². The van der Waals surface area contributed by atoms with E-state index >= 15 is 0 Å².